The van der Waals surface area contributed by atoms with E-state index in [1.54, 1.807) is 36.0 Å². The number of amides is 1. The van der Waals surface area contributed by atoms with Crippen LogP contribution in [-0.2, 0) is 10.5 Å². The topological polar surface area (TPSA) is 55.4 Å². The minimum Gasteiger partial charge on any atom is -0.483 e. The third kappa shape index (κ3) is 6.08. The van der Waals surface area contributed by atoms with Gasteiger partial charge in [-0.05, 0) is 24.6 Å². The smallest absolute Gasteiger partial charge is 0.257 e. The Labute approximate surface area is 146 Å². The Morgan fingerprint density at radius 1 is 1.04 bits per heavy atom. The first-order valence-corrected chi connectivity index (χ1v) is 8.93. The van der Waals surface area contributed by atoms with Gasteiger partial charge in [-0.2, -0.15) is 11.8 Å². The predicted molar refractivity (Wildman–Crippen MR) is 97.6 cm³/mol. The van der Waals surface area contributed by atoms with Crippen LogP contribution in [0.2, 0.25) is 0 Å². The van der Waals surface area contributed by atoms with Crippen molar-refractivity contribution in [3.8, 4) is 5.75 Å². The number of thioether (sulfide) groups is 1. The molecule has 0 unspecified atom stereocenters. The Morgan fingerprint density at radius 3 is 2.50 bits per heavy atom. The van der Waals surface area contributed by atoms with Crippen LogP contribution in [0.25, 0.3) is 0 Å². The summed E-state index contributed by atoms with van der Waals surface area (Å²) < 4.78 is 5.45. The Bertz CT molecular complexity index is 673. The van der Waals surface area contributed by atoms with Crippen LogP contribution in [0.3, 0.4) is 0 Å². The highest BCUT2D eigenvalue weighted by atomic mass is 32.2. The van der Waals surface area contributed by atoms with Gasteiger partial charge in [-0.1, -0.05) is 42.5 Å². The van der Waals surface area contributed by atoms with Crippen molar-refractivity contribution in [2.45, 2.75) is 12.7 Å². The fourth-order valence-electron chi connectivity index (χ4n) is 2.10. The first kappa shape index (κ1) is 18.1. The lowest BCUT2D eigenvalue weighted by Gasteiger charge is -2.10. The lowest BCUT2D eigenvalue weighted by molar-refractivity contribution is -0.122. The van der Waals surface area contributed by atoms with Gasteiger partial charge in [0.25, 0.3) is 5.91 Å². The lowest BCUT2D eigenvalue weighted by Crippen LogP contribution is -2.30. The third-order valence-corrected chi connectivity index (χ3v) is 4.34. The van der Waals surface area contributed by atoms with E-state index in [4.69, 9.17) is 4.74 Å². The van der Waals surface area contributed by atoms with E-state index in [9.17, 15) is 9.59 Å². The third-order valence-electron chi connectivity index (χ3n) is 3.31. The van der Waals surface area contributed by atoms with Crippen LogP contribution < -0.4 is 10.1 Å². The molecular formula is C19H21NO3S. The minimum absolute atomic E-state index is 0.0803. The van der Waals surface area contributed by atoms with Crippen molar-refractivity contribution in [1.29, 1.82) is 0 Å². The number of para-hydroxylation sites is 1. The van der Waals surface area contributed by atoms with Gasteiger partial charge < -0.3 is 10.1 Å². The molecule has 126 valence electrons. The summed E-state index contributed by atoms with van der Waals surface area (Å²) in [6.45, 7) is 1.98. The molecule has 0 heterocycles. The summed E-state index contributed by atoms with van der Waals surface area (Å²) in [6.07, 6.45) is 0. The van der Waals surface area contributed by atoms with Crippen molar-refractivity contribution in [1.82, 2.24) is 5.32 Å². The number of carbonyl (C=O) groups excluding carboxylic acids is 2. The van der Waals surface area contributed by atoms with Crippen molar-refractivity contribution in [2.24, 2.45) is 0 Å². The molecule has 2 rings (SSSR count). The molecule has 0 spiro atoms. The summed E-state index contributed by atoms with van der Waals surface area (Å²) in [5, 5.41) is 2.82. The van der Waals surface area contributed by atoms with Crippen molar-refractivity contribution < 1.29 is 14.3 Å². The second kappa shape index (κ2) is 9.78. The first-order valence-electron chi connectivity index (χ1n) is 7.78. The highest BCUT2D eigenvalue weighted by Crippen LogP contribution is 2.18. The average Bonchev–Trinajstić information content (AvgIpc) is 2.60. The van der Waals surface area contributed by atoms with E-state index in [0.29, 0.717) is 17.9 Å². The largest absolute Gasteiger partial charge is 0.483 e. The van der Waals surface area contributed by atoms with E-state index in [1.165, 1.54) is 12.5 Å². The van der Waals surface area contributed by atoms with Crippen LogP contribution in [0, 0.1) is 0 Å². The highest BCUT2D eigenvalue weighted by Gasteiger charge is 2.09. The Morgan fingerprint density at radius 2 is 1.75 bits per heavy atom. The molecule has 24 heavy (non-hydrogen) atoms. The van der Waals surface area contributed by atoms with Crippen LogP contribution in [0.5, 0.6) is 5.75 Å². The Balaban J connectivity index is 1.64. The molecule has 0 fully saturated rings. The van der Waals surface area contributed by atoms with Gasteiger partial charge in [0.05, 0.1) is 5.56 Å². The summed E-state index contributed by atoms with van der Waals surface area (Å²) in [5.41, 5.74) is 1.77. The molecule has 0 aliphatic rings. The molecule has 0 aliphatic carbocycles. The molecule has 4 nitrogen and oxygen atoms in total. The fourth-order valence-corrected chi connectivity index (χ4v) is 2.92. The summed E-state index contributed by atoms with van der Waals surface area (Å²) in [4.78, 5) is 23.3. The number of carbonyl (C=O) groups is 2. The van der Waals surface area contributed by atoms with Gasteiger partial charge in [0, 0.05) is 18.1 Å². The van der Waals surface area contributed by atoms with E-state index in [-0.39, 0.29) is 18.3 Å². The quantitative estimate of drug-likeness (QED) is 0.560. The number of ether oxygens (including phenoxy) is 1. The zero-order valence-electron chi connectivity index (χ0n) is 13.7. The van der Waals surface area contributed by atoms with Gasteiger partial charge in [-0.3, -0.25) is 9.59 Å². The van der Waals surface area contributed by atoms with Crippen molar-refractivity contribution in [2.75, 3.05) is 18.9 Å². The first-order chi connectivity index (χ1) is 11.7. The van der Waals surface area contributed by atoms with Crippen LogP contribution in [0.4, 0.5) is 0 Å². The molecule has 0 atom stereocenters. The monoisotopic (exact) mass is 343 g/mol. The van der Waals surface area contributed by atoms with E-state index < -0.39 is 0 Å². The van der Waals surface area contributed by atoms with Gasteiger partial charge in [0.2, 0.25) is 0 Å². The number of nitrogens with one attached hydrogen (secondary N) is 1. The molecule has 2 aromatic carbocycles. The van der Waals surface area contributed by atoms with Crippen molar-refractivity contribution >= 4 is 23.5 Å². The molecule has 1 N–H and O–H groups in total. The van der Waals surface area contributed by atoms with E-state index in [1.807, 2.05) is 18.2 Å². The van der Waals surface area contributed by atoms with Gasteiger partial charge in [-0.15, -0.1) is 0 Å². The zero-order chi connectivity index (χ0) is 17.2. The fraction of sp³-hybridized carbons (Fsp3) is 0.263. The minimum atomic E-state index is -0.186. The molecule has 1 amide bonds. The predicted octanol–water partition coefficient (Wildman–Crippen LogP) is 3.32. The molecule has 0 aromatic heterocycles. The maximum atomic E-state index is 11.8. The molecular weight excluding hydrogens is 322 g/mol. The summed E-state index contributed by atoms with van der Waals surface area (Å²) in [6, 6.07) is 17.2. The normalized spacial score (nSPS) is 10.2. The summed E-state index contributed by atoms with van der Waals surface area (Å²) in [5.74, 6) is 1.94. The van der Waals surface area contributed by atoms with E-state index >= 15 is 0 Å². The molecule has 2 aromatic rings. The molecule has 0 radical (unpaired) electrons. The Hall–Kier alpha value is -2.27. The van der Waals surface area contributed by atoms with Crippen LogP contribution in [-0.4, -0.2) is 30.6 Å². The zero-order valence-corrected chi connectivity index (χ0v) is 14.5. The number of rotatable bonds is 9. The highest BCUT2D eigenvalue weighted by molar-refractivity contribution is 7.98. The van der Waals surface area contributed by atoms with Crippen LogP contribution in [0.15, 0.2) is 54.6 Å². The molecule has 0 saturated carbocycles. The molecule has 5 heteroatoms. The number of Topliss-reactive ketones (excluding diaryl/α,β-unsaturated/α-hetero) is 1. The number of benzene rings is 2. The van der Waals surface area contributed by atoms with Gasteiger partial charge in [-0.25, -0.2) is 0 Å². The van der Waals surface area contributed by atoms with Gasteiger partial charge in [0.15, 0.2) is 12.4 Å². The standard InChI is InChI=1S/C19H21NO3S/c1-15(21)17-9-5-6-10-18(17)23-13-19(22)20-11-12-24-14-16-7-3-2-4-8-16/h2-10H,11-14H2,1H3,(H,20,22). The molecule has 0 bridgehead atoms. The Kier molecular flexibility index (Phi) is 7.36. The van der Waals surface area contributed by atoms with Crippen LogP contribution >= 0.6 is 11.8 Å². The molecule has 0 aliphatic heterocycles. The van der Waals surface area contributed by atoms with Gasteiger partial charge in [0.1, 0.15) is 5.75 Å². The summed E-state index contributed by atoms with van der Waals surface area (Å²) in [7, 11) is 0. The SMILES string of the molecule is CC(=O)c1ccccc1OCC(=O)NCCSCc1ccccc1. The average molecular weight is 343 g/mol. The second-order valence-electron chi connectivity index (χ2n) is 5.23. The van der Waals surface area contributed by atoms with E-state index in [2.05, 4.69) is 17.4 Å². The number of hydrogen-bond donors (Lipinski definition) is 1. The maximum absolute atomic E-state index is 11.8. The van der Waals surface area contributed by atoms with Crippen LogP contribution in [0.1, 0.15) is 22.8 Å². The van der Waals surface area contributed by atoms with Crippen molar-refractivity contribution in [3.63, 3.8) is 0 Å². The van der Waals surface area contributed by atoms with E-state index in [0.717, 1.165) is 11.5 Å². The summed E-state index contributed by atoms with van der Waals surface area (Å²) >= 11 is 1.77. The second-order valence-corrected chi connectivity index (χ2v) is 6.33. The lowest BCUT2D eigenvalue weighted by atomic mass is 10.1. The number of hydrogen-bond acceptors (Lipinski definition) is 4. The maximum Gasteiger partial charge on any atom is 0.257 e. The van der Waals surface area contributed by atoms with Gasteiger partial charge >= 0.3 is 0 Å². The number of ketones is 1. The molecule has 0 saturated heterocycles. The van der Waals surface area contributed by atoms with Crippen molar-refractivity contribution in [3.05, 3.63) is 65.7 Å².